The van der Waals surface area contributed by atoms with Crippen molar-refractivity contribution in [3.8, 4) is 17.0 Å². The van der Waals surface area contributed by atoms with Crippen LogP contribution < -0.4 is 5.43 Å². The van der Waals surface area contributed by atoms with Gasteiger partial charge in [0.05, 0.1) is 16.8 Å². The average molecular weight is 386 g/mol. The lowest BCUT2D eigenvalue weighted by molar-refractivity contribution is 0.0699. The molecule has 0 aliphatic rings. The Bertz CT molecular complexity index is 1050. The third-order valence-corrected chi connectivity index (χ3v) is 4.13. The first-order chi connectivity index (χ1) is 11.4. The monoisotopic (exact) mass is 385 g/mol. The van der Waals surface area contributed by atoms with E-state index < -0.39 is 17.1 Å². The molecule has 0 fully saturated rings. The van der Waals surface area contributed by atoms with E-state index in [9.17, 15) is 19.8 Å². The summed E-state index contributed by atoms with van der Waals surface area (Å²) in [6.45, 7) is 1.86. The van der Waals surface area contributed by atoms with Crippen LogP contribution in [-0.2, 0) is 0 Å². The summed E-state index contributed by atoms with van der Waals surface area (Å²) in [5.41, 5.74) is 1.27. The van der Waals surface area contributed by atoms with Crippen molar-refractivity contribution in [2.45, 2.75) is 6.92 Å². The Morgan fingerprint density at radius 1 is 1.12 bits per heavy atom. The number of fused-ring (bicyclic) bond motifs is 1. The van der Waals surface area contributed by atoms with Crippen molar-refractivity contribution in [3.63, 3.8) is 0 Å². The van der Waals surface area contributed by atoms with Crippen molar-refractivity contribution in [1.29, 1.82) is 0 Å². The molecule has 0 saturated heterocycles. The Hall–Kier alpha value is -2.73. The quantitative estimate of drug-likeness (QED) is 0.701. The molecule has 0 aliphatic carbocycles. The van der Waals surface area contributed by atoms with Crippen LogP contribution in [0.1, 0.15) is 15.9 Å². The van der Waals surface area contributed by atoms with Crippen LogP contribution in [0.5, 0.6) is 5.75 Å². The van der Waals surface area contributed by atoms with Crippen molar-refractivity contribution in [2.75, 3.05) is 0 Å². The molecular weight excluding hydrogens is 374 g/mol. The fourth-order valence-electron chi connectivity index (χ4n) is 2.47. The SMILES string of the molecule is Cc1ccc2nc(-c3cc(Br)ccc(=O)c3O)cc(C(=O)O)c2c1. The van der Waals surface area contributed by atoms with Crippen LogP contribution in [0.15, 0.2) is 51.7 Å². The highest BCUT2D eigenvalue weighted by molar-refractivity contribution is 9.10. The van der Waals surface area contributed by atoms with Crippen LogP contribution in [0.4, 0.5) is 0 Å². The smallest absolute Gasteiger partial charge is 0.336 e. The minimum atomic E-state index is -1.10. The fourth-order valence-corrected chi connectivity index (χ4v) is 2.83. The number of carbonyl (C=O) groups is 1. The molecule has 0 saturated carbocycles. The zero-order chi connectivity index (χ0) is 17.4. The lowest BCUT2D eigenvalue weighted by Crippen LogP contribution is -2.01. The molecule has 3 rings (SSSR count). The second kappa shape index (κ2) is 6.05. The highest BCUT2D eigenvalue weighted by atomic mass is 79.9. The van der Waals surface area contributed by atoms with Gasteiger partial charge in [0, 0.05) is 15.4 Å². The minimum Gasteiger partial charge on any atom is -0.504 e. The van der Waals surface area contributed by atoms with E-state index in [1.165, 1.54) is 24.3 Å². The van der Waals surface area contributed by atoms with E-state index in [-0.39, 0.29) is 16.8 Å². The number of aromatic hydroxyl groups is 1. The number of pyridine rings is 1. The molecule has 1 aromatic heterocycles. The van der Waals surface area contributed by atoms with Gasteiger partial charge in [-0.1, -0.05) is 27.6 Å². The fraction of sp³-hybridized carbons (Fsp3) is 0.0556. The van der Waals surface area contributed by atoms with Crippen LogP contribution in [0.2, 0.25) is 0 Å². The van der Waals surface area contributed by atoms with E-state index in [4.69, 9.17) is 0 Å². The molecule has 0 aliphatic heterocycles. The summed E-state index contributed by atoms with van der Waals surface area (Å²) < 4.78 is 0.567. The second-order valence-corrected chi connectivity index (χ2v) is 6.29. The lowest BCUT2D eigenvalue weighted by atomic mass is 10.0. The van der Waals surface area contributed by atoms with Gasteiger partial charge in [-0.3, -0.25) is 4.79 Å². The first-order valence-corrected chi connectivity index (χ1v) is 7.84. The summed E-state index contributed by atoms with van der Waals surface area (Å²) in [7, 11) is 0. The van der Waals surface area contributed by atoms with E-state index in [1.807, 2.05) is 13.0 Å². The largest absolute Gasteiger partial charge is 0.504 e. The second-order valence-electron chi connectivity index (χ2n) is 5.37. The molecule has 24 heavy (non-hydrogen) atoms. The summed E-state index contributed by atoms with van der Waals surface area (Å²) in [5, 5.41) is 20.2. The number of rotatable bonds is 2. The number of aryl methyl sites for hydroxylation is 1. The van der Waals surface area contributed by atoms with E-state index in [1.54, 1.807) is 12.1 Å². The number of nitrogens with zero attached hydrogens (tertiary/aromatic N) is 1. The zero-order valence-electron chi connectivity index (χ0n) is 12.6. The third-order valence-electron chi connectivity index (χ3n) is 3.64. The van der Waals surface area contributed by atoms with Gasteiger partial charge in [-0.2, -0.15) is 0 Å². The van der Waals surface area contributed by atoms with Gasteiger partial charge in [0.1, 0.15) is 0 Å². The van der Waals surface area contributed by atoms with Crippen LogP contribution >= 0.6 is 15.9 Å². The number of carboxylic acid groups (broad SMARTS) is 1. The zero-order valence-corrected chi connectivity index (χ0v) is 14.2. The van der Waals surface area contributed by atoms with Crippen molar-refractivity contribution in [2.24, 2.45) is 0 Å². The summed E-state index contributed by atoms with van der Waals surface area (Å²) >= 11 is 3.27. The Kier molecular flexibility index (Phi) is 4.07. The van der Waals surface area contributed by atoms with Crippen molar-refractivity contribution < 1.29 is 15.0 Å². The first kappa shape index (κ1) is 16.1. The topological polar surface area (TPSA) is 87.5 Å². The summed E-state index contributed by atoms with van der Waals surface area (Å²) in [6.07, 6.45) is 0. The van der Waals surface area contributed by atoms with Crippen molar-refractivity contribution in [3.05, 3.63) is 68.3 Å². The average Bonchev–Trinajstić information content (AvgIpc) is 2.67. The van der Waals surface area contributed by atoms with E-state index >= 15 is 0 Å². The molecule has 3 aromatic rings. The minimum absolute atomic E-state index is 0.0631. The molecule has 0 amide bonds. The number of hydrogen-bond donors (Lipinski definition) is 2. The third kappa shape index (κ3) is 2.88. The van der Waals surface area contributed by atoms with Crippen molar-refractivity contribution >= 4 is 32.8 Å². The van der Waals surface area contributed by atoms with Crippen LogP contribution in [0.3, 0.4) is 0 Å². The summed E-state index contributed by atoms with van der Waals surface area (Å²) in [6, 6.07) is 10.9. The van der Waals surface area contributed by atoms with Gasteiger partial charge >= 0.3 is 5.97 Å². The normalized spacial score (nSPS) is 10.8. The predicted octanol–water partition coefficient (Wildman–Crippen LogP) is 3.74. The Morgan fingerprint density at radius 3 is 2.58 bits per heavy atom. The maximum Gasteiger partial charge on any atom is 0.336 e. The molecular formula is C18H12BrNO4. The lowest BCUT2D eigenvalue weighted by Gasteiger charge is -2.08. The summed E-state index contributed by atoms with van der Waals surface area (Å²) in [5.74, 6) is -1.58. The van der Waals surface area contributed by atoms with Crippen LogP contribution in [0.25, 0.3) is 22.2 Å². The molecule has 0 unspecified atom stereocenters. The van der Waals surface area contributed by atoms with Gasteiger partial charge in [0.25, 0.3) is 0 Å². The van der Waals surface area contributed by atoms with Crippen LogP contribution in [0, 0.1) is 6.92 Å². The molecule has 0 atom stereocenters. The van der Waals surface area contributed by atoms with Gasteiger partial charge in [-0.15, -0.1) is 0 Å². The standard InChI is InChI=1S/C18H12BrNO4/c1-9-2-4-14-11(6-9)12(18(23)24)8-15(20-14)13-7-10(19)3-5-16(21)17(13)22/h2-8H,1H3,(H,21,22)(H,23,24). The van der Waals surface area contributed by atoms with E-state index in [2.05, 4.69) is 20.9 Å². The Labute approximate surface area is 145 Å². The maximum absolute atomic E-state index is 11.9. The maximum atomic E-state index is 11.9. The van der Waals surface area contributed by atoms with Gasteiger partial charge in [-0.05, 0) is 43.3 Å². The molecule has 2 N–H and O–H groups in total. The number of benzene rings is 1. The number of hydrogen-bond acceptors (Lipinski definition) is 4. The Balaban J connectivity index is 2.41. The van der Waals surface area contributed by atoms with E-state index in [0.717, 1.165) is 5.56 Å². The van der Waals surface area contributed by atoms with Gasteiger partial charge in [-0.25, -0.2) is 9.78 Å². The molecule has 5 nitrogen and oxygen atoms in total. The molecule has 1 heterocycles. The highest BCUT2D eigenvalue weighted by Gasteiger charge is 2.16. The Morgan fingerprint density at radius 2 is 1.88 bits per heavy atom. The molecule has 6 heteroatoms. The predicted molar refractivity (Wildman–Crippen MR) is 94.5 cm³/mol. The molecule has 2 aromatic carbocycles. The number of halogens is 1. The van der Waals surface area contributed by atoms with Crippen LogP contribution in [-0.4, -0.2) is 21.2 Å². The number of carboxylic acids is 1. The number of aromatic nitrogens is 1. The highest BCUT2D eigenvalue weighted by Crippen LogP contribution is 2.30. The van der Waals surface area contributed by atoms with E-state index in [0.29, 0.717) is 15.4 Å². The molecule has 0 bridgehead atoms. The molecule has 120 valence electrons. The van der Waals surface area contributed by atoms with Gasteiger partial charge in [0.2, 0.25) is 5.43 Å². The summed E-state index contributed by atoms with van der Waals surface area (Å²) in [4.78, 5) is 27.9. The first-order valence-electron chi connectivity index (χ1n) is 7.05. The van der Waals surface area contributed by atoms with Gasteiger partial charge in [0.15, 0.2) is 5.75 Å². The molecule has 0 spiro atoms. The number of aromatic carboxylic acids is 1. The molecule has 0 radical (unpaired) electrons. The van der Waals surface area contributed by atoms with Crippen molar-refractivity contribution in [1.82, 2.24) is 4.98 Å². The van der Waals surface area contributed by atoms with Gasteiger partial charge < -0.3 is 10.2 Å².